The standard InChI is InChI=1S/C13H28N4O/c1-4-16-9-11-17(12-10-16)13(18)5-6-14-7-8-15(2)3/h14H,4-12H2,1-3H3. The van der Waals surface area contributed by atoms with Crippen LogP contribution in [0.4, 0.5) is 0 Å². The maximum absolute atomic E-state index is 11.9. The highest BCUT2D eigenvalue weighted by molar-refractivity contribution is 5.76. The van der Waals surface area contributed by atoms with Gasteiger partial charge in [-0.05, 0) is 20.6 Å². The molecule has 106 valence electrons. The second-order valence-electron chi connectivity index (χ2n) is 5.12. The Hall–Kier alpha value is -0.650. The second kappa shape index (κ2) is 8.45. The van der Waals surface area contributed by atoms with Crippen LogP contribution < -0.4 is 5.32 Å². The van der Waals surface area contributed by atoms with Gasteiger partial charge in [0.1, 0.15) is 0 Å². The molecule has 0 aromatic rings. The van der Waals surface area contributed by atoms with Crippen LogP contribution in [-0.2, 0) is 4.79 Å². The maximum Gasteiger partial charge on any atom is 0.223 e. The molecule has 1 aliphatic rings. The third-order valence-electron chi connectivity index (χ3n) is 3.42. The molecule has 5 heteroatoms. The smallest absolute Gasteiger partial charge is 0.223 e. The van der Waals surface area contributed by atoms with Gasteiger partial charge in [0.05, 0.1) is 0 Å². The molecule has 0 spiro atoms. The van der Waals surface area contributed by atoms with E-state index in [2.05, 4.69) is 36.1 Å². The number of carbonyl (C=O) groups is 1. The van der Waals surface area contributed by atoms with Gasteiger partial charge < -0.3 is 20.0 Å². The summed E-state index contributed by atoms with van der Waals surface area (Å²) >= 11 is 0. The van der Waals surface area contributed by atoms with Crippen molar-refractivity contribution < 1.29 is 4.79 Å². The SMILES string of the molecule is CCN1CCN(C(=O)CCNCCN(C)C)CC1. The fourth-order valence-electron chi connectivity index (χ4n) is 2.09. The minimum absolute atomic E-state index is 0.295. The van der Waals surface area contributed by atoms with Crippen molar-refractivity contribution in [2.24, 2.45) is 0 Å². The van der Waals surface area contributed by atoms with Crippen LogP contribution in [-0.4, -0.2) is 87.1 Å². The van der Waals surface area contributed by atoms with E-state index in [0.29, 0.717) is 12.3 Å². The molecular formula is C13H28N4O. The molecule has 0 aromatic heterocycles. The van der Waals surface area contributed by atoms with Crippen LogP contribution in [0, 0.1) is 0 Å². The molecular weight excluding hydrogens is 228 g/mol. The van der Waals surface area contributed by atoms with E-state index in [1.54, 1.807) is 0 Å². The van der Waals surface area contributed by atoms with E-state index in [1.807, 2.05) is 4.90 Å². The Bertz CT molecular complexity index is 237. The maximum atomic E-state index is 11.9. The molecule has 0 atom stereocenters. The first-order valence-electron chi connectivity index (χ1n) is 6.99. The van der Waals surface area contributed by atoms with Crippen molar-refractivity contribution in [1.82, 2.24) is 20.0 Å². The molecule has 1 saturated heterocycles. The van der Waals surface area contributed by atoms with Gasteiger partial charge in [0.2, 0.25) is 5.91 Å². The Morgan fingerprint density at radius 3 is 2.39 bits per heavy atom. The molecule has 0 radical (unpaired) electrons. The van der Waals surface area contributed by atoms with Crippen molar-refractivity contribution in [2.45, 2.75) is 13.3 Å². The van der Waals surface area contributed by atoms with Crippen molar-refractivity contribution in [1.29, 1.82) is 0 Å². The zero-order chi connectivity index (χ0) is 13.4. The molecule has 18 heavy (non-hydrogen) atoms. The highest BCUT2D eigenvalue weighted by Crippen LogP contribution is 2.02. The molecule has 1 N–H and O–H groups in total. The lowest BCUT2D eigenvalue weighted by atomic mass is 10.2. The van der Waals surface area contributed by atoms with Crippen molar-refractivity contribution in [3.8, 4) is 0 Å². The molecule has 1 heterocycles. The van der Waals surface area contributed by atoms with Crippen molar-refractivity contribution >= 4 is 5.91 Å². The average molecular weight is 256 g/mol. The average Bonchev–Trinajstić information content (AvgIpc) is 2.38. The number of rotatable bonds is 7. The Morgan fingerprint density at radius 1 is 1.17 bits per heavy atom. The van der Waals surface area contributed by atoms with Crippen LogP contribution in [0.25, 0.3) is 0 Å². The van der Waals surface area contributed by atoms with Crippen LogP contribution in [0.15, 0.2) is 0 Å². The predicted octanol–water partition coefficient (Wildman–Crippen LogP) is -0.308. The van der Waals surface area contributed by atoms with E-state index >= 15 is 0 Å². The molecule has 1 rings (SSSR count). The summed E-state index contributed by atoms with van der Waals surface area (Å²) in [5.74, 6) is 0.295. The summed E-state index contributed by atoms with van der Waals surface area (Å²) in [5.41, 5.74) is 0. The van der Waals surface area contributed by atoms with Crippen LogP contribution >= 0.6 is 0 Å². The lowest BCUT2D eigenvalue weighted by Gasteiger charge is -2.34. The molecule has 1 amide bonds. The third-order valence-corrected chi connectivity index (χ3v) is 3.42. The molecule has 0 bridgehead atoms. The molecule has 0 aliphatic carbocycles. The van der Waals surface area contributed by atoms with Gasteiger partial charge in [-0.25, -0.2) is 0 Å². The fraction of sp³-hybridized carbons (Fsp3) is 0.923. The topological polar surface area (TPSA) is 38.8 Å². The number of piperazine rings is 1. The number of amides is 1. The van der Waals surface area contributed by atoms with Gasteiger partial charge in [0, 0.05) is 52.2 Å². The van der Waals surface area contributed by atoms with Crippen LogP contribution in [0.5, 0.6) is 0 Å². The molecule has 1 fully saturated rings. The third kappa shape index (κ3) is 5.80. The van der Waals surface area contributed by atoms with Gasteiger partial charge >= 0.3 is 0 Å². The zero-order valence-corrected chi connectivity index (χ0v) is 12.1. The summed E-state index contributed by atoms with van der Waals surface area (Å²) in [4.78, 5) is 18.5. The molecule has 1 aliphatic heterocycles. The quantitative estimate of drug-likeness (QED) is 0.634. The largest absolute Gasteiger partial charge is 0.340 e. The number of hydrogen-bond donors (Lipinski definition) is 1. The van der Waals surface area contributed by atoms with Gasteiger partial charge in [-0.2, -0.15) is 0 Å². The number of hydrogen-bond acceptors (Lipinski definition) is 4. The summed E-state index contributed by atoms with van der Waals surface area (Å²) in [6, 6.07) is 0. The summed E-state index contributed by atoms with van der Waals surface area (Å²) in [5, 5.41) is 3.31. The highest BCUT2D eigenvalue weighted by Gasteiger charge is 2.19. The number of nitrogens with zero attached hydrogens (tertiary/aromatic N) is 3. The van der Waals surface area contributed by atoms with Crippen molar-refractivity contribution in [3.05, 3.63) is 0 Å². The van der Waals surface area contributed by atoms with Crippen LogP contribution in [0.2, 0.25) is 0 Å². The second-order valence-corrected chi connectivity index (χ2v) is 5.12. The first kappa shape index (κ1) is 15.4. The van der Waals surface area contributed by atoms with Crippen molar-refractivity contribution in [3.63, 3.8) is 0 Å². The number of nitrogens with one attached hydrogen (secondary N) is 1. The van der Waals surface area contributed by atoms with E-state index in [-0.39, 0.29) is 0 Å². The minimum Gasteiger partial charge on any atom is -0.340 e. The lowest BCUT2D eigenvalue weighted by molar-refractivity contribution is -0.132. The Kier molecular flexibility index (Phi) is 7.23. The summed E-state index contributed by atoms with van der Waals surface area (Å²) in [6.07, 6.45) is 0.625. The van der Waals surface area contributed by atoms with Gasteiger partial charge in [0.15, 0.2) is 0 Å². The van der Waals surface area contributed by atoms with E-state index < -0.39 is 0 Å². The highest BCUT2D eigenvalue weighted by atomic mass is 16.2. The van der Waals surface area contributed by atoms with Gasteiger partial charge in [-0.3, -0.25) is 4.79 Å². The molecule has 5 nitrogen and oxygen atoms in total. The lowest BCUT2D eigenvalue weighted by Crippen LogP contribution is -2.48. The fourth-order valence-corrected chi connectivity index (χ4v) is 2.09. The Morgan fingerprint density at radius 2 is 1.83 bits per heavy atom. The van der Waals surface area contributed by atoms with Crippen LogP contribution in [0.3, 0.4) is 0 Å². The van der Waals surface area contributed by atoms with E-state index in [9.17, 15) is 4.79 Å². The zero-order valence-electron chi connectivity index (χ0n) is 12.1. The van der Waals surface area contributed by atoms with Crippen LogP contribution in [0.1, 0.15) is 13.3 Å². The Balaban J connectivity index is 2.07. The Labute approximate surface area is 111 Å². The summed E-state index contributed by atoms with van der Waals surface area (Å²) in [6.45, 7) is 9.86. The predicted molar refractivity (Wildman–Crippen MR) is 74.7 cm³/mol. The van der Waals surface area contributed by atoms with Crippen molar-refractivity contribution in [2.75, 3.05) is 66.5 Å². The first-order valence-corrected chi connectivity index (χ1v) is 6.99. The van der Waals surface area contributed by atoms with E-state index in [1.165, 1.54) is 0 Å². The molecule has 0 aromatic carbocycles. The van der Waals surface area contributed by atoms with E-state index in [4.69, 9.17) is 0 Å². The van der Waals surface area contributed by atoms with E-state index in [0.717, 1.165) is 52.4 Å². The number of carbonyl (C=O) groups excluding carboxylic acids is 1. The normalized spacial score (nSPS) is 17.4. The monoisotopic (exact) mass is 256 g/mol. The first-order chi connectivity index (χ1) is 8.63. The van der Waals surface area contributed by atoms with Gasteiger partial charge in [-0.1, -0.05) is 6.92 Å². The minimum atomic E-state index is 0.295. The summed E-state index contributed by atoms with van der Waals surface area (Å²) < 4.78 is 0. The van der Waals surface area contributed by atoms with Gasteiger partial charge in [0.25, 0.3) is 0 Å². The number of likely N-dealkylation sites (N-methyl/N-ethyl adjacent to an activating group) is 2. The summed E-state index contributed by atoms with van der Waals surface area (Å²) in [7, 11) is 4.11. The molecule has 0 saturated carbocycles. The molecule has 0 unspecified atom stereocenters. The van der Waals surface area contributed by atoms with Gasteiger partial charge in [-0.15, -0.1) is 0 Å².